The van der Waals surface area contributed by atoms with Crippen molar-refractivity contribution in [1.29, 1.82) is 0 Å². The lowest BCUT2D eigenvalue weighted by Gasteiger charge is -2.01. The summed E-state index contributed by atoms with van der Waals surface area (Å²) in [7, 11) is -2.94. The Balaban J connectivity index is 2.10. The Bertz CT molecular complexity index is 647. The van der Waals surface area contributed by atoms with Crippen molar-refractivity contribution in [3.63, 3.8) is 0 Å². The van der Waals surface area contributed by atoms with Crippen molar-refractivity contribution in [2.24, 2.45) is 5.73 Å². The molecule has 1 aromatic heterocycles. The number of hydrogen-bond donors (Lipinski definition) is 1. The first-order valence-electron chi connectivity index (χ1n) is 5.77. The Labute approximate surface area is 111 Å². The maximum atomic E-state index is 11.1. The fourth-order valence-electron chi connectivity index (χ4n) is 1.58. The van der Waals surface area contributed by atoms with E-state index in [9.17, 15) is 8.42 Å². The molecular weight excluding hydrogens is 266 g/mol. The largest absolute Gasteiger partial charge is 0.338 e. The van der Waals surface area contributed by atoms with Crippen LogP contribution in [0.25, 0.3) is 11.4 Å². The lowest BCUT2D eigenvalue weighted by molar-refractivity contribution is 0.380. The van der Waals surface area contributed by atoms with Gasteiger partial charge in [-0.1, -0.05) is 29.4 Å². The molecule has 2 aromatic rings. The number of sulfone groups is 1. The third kappa shape index (κ3) is 3.87. The van der Waals surface area contributed by atoms with E-state index in [0.29, 0.717) is 18.1 Å². The minimum Gasteiger partial charge on any atom is -0.338 e. The van der Waals surface area contributed by atoms with Gasteiger partial charge in [0, 0.05) is 11.8 Å². The van der Waals surface area contributed by atoms with Gasteiger partial charge in [0.25, 0.3) is 0 Å². The van der Waals surface area contributed by atoms with Crippen LogP contribution in [0.2, 0.25) is 0 Å². The molecule has 0 amide bonds. The first-order valence-corrected chi connectivity index (χ1v) is 7.84. The van der Waals surface area contributed by atoms with Gasteiger partial charge in [0.15, 0.2) is 0 Å². The molecule has 2 rings (SSSR count). The molecule has 1 aromatic carbocycles. The molecule has 0 saturated heterocycles. The van der Waals surface area contributed by atoms with Crippen LogP contribution in [0.15, 0.2) is 28.8 Å². The zero-order valence-corrected chi connectivity index (χ0v) is 11.4. The zero-order valence-electron chi connectivity index (χ0n) is 10.5. The van der Waals surface area contributed by atoms with E-state index >= 15 is 0 Å². The maximum Gasteiger partial charge on any atom is 0.240 e. The van der Waals surface area contributed by atoms with Gasteiger partial charge in [-0.15, -0.1) is 0 Å². The van der Waals surface area contributed by atoms with Gasteiger partial charge in [0.1, 0.15) is 9.84 Å². The van der Waals surface area contributed by atoms with Crippen LogP contribution >= 0.6 is 0 Å². The highest BCUT2D eigenvalue weighted by Gasteiger charge is 2.08. The van der Waals surface area contributed by atoms with Crippen LogP contribution in [0.3, 0.4) is 0 Å². The minimum absolute atomic E-state index is 0.145. The van der Waals surface area contributed by atoms with Crippen molar-refractivity contribution in [2.45, 2.75) is 13.0 Å². The summed E-state index contributed by atoms with van der Waals surface area (Å²) in [4.78, 5) is 4.12. The summed E-state index contributed by atoms with van der Waals surface area (Å²) in [5.74, 6) is 1.01. The summed E-state index contributed by atoms with van der Waals surface area (Å²) in [6.45, 7) is 0.208. The number of nitrogens with zero attached hydrogens (tertiary/aromatic N) is 2. The molecule has 0 bridgehead atoms. The van der Waals surface area contributed by atoms with E-state index in [2.05, 4.69) is 10.1 Å². The van der Waals surface area contributed by atoms with Crippen molar-refractivity contribution >= 4 is 9.84 Å². The van der Waals surface area contributed by atoms with E-state index in [1.807, 2.05) is 24.3 Å². The van der Waals surface area contributed by atoms with E-state index in [-0.39, 0.29) is 12.3 Å². The average Bonchev–Trinajstić information content (AvgIpc) is 2.85. The molecule has 0 atom stereocenters. The molecule has 0 saturated carbocycles. The summed E-state index contributed by atoms with van der Waals surface area (Å²) in [5, 5.41) is 3.81. The molecule has 0 unspecified atom stereocenters. The Kier molecular flexibility index (Phi) is 3.96. The van der Waals surface area contributed by atoms with Crippen molar-refractivity contribution < 1.29 is 12.9 Å². The molecule has 1 heterocycles. The molecular formula is C12H15N3O3S. The first-order chi connectivity index (χ1) is 8.98. The topological polar surface area (TPSA) is 99.1 Å². The third-order valence-corrected chi connectivity index (χ3v) is 3.56. The summed E-state index contributed by atoms with van der Waals surface area (Å²) < 4.78 is 27.1. The molecule has 0 aliphatic heterocycles. The van der Waals surface area contributed by atoms with Crippen molar-refractivity contribution in [3.8, 4) is 11.4 Å². The van der Waals surface area contributed by atoms with Crippen LogP contribution in [-0.4, -0.2) is 30.6 Å². The third-order valence-electron chi connectivity index (χ3n) is 2.62. The predicted octanol–water partition coefficient (Wildman–Crippen LogP) is 0.782. The number of hydrogen-bond acceptors (Lipinski definition) is 6. The highest BCUT2D eigenvalue weighted by atomic mass is 32.2. The summed E-state index contributed by atoms with van der Waals surface area (Å²) in [6.07, 6.45) is 1.73. The number of aryl methyl sites for hydroxylation is 1. The second-order valence-electron chi connectivity index (χ2n) is 4.29. The van der Waals surface area contributed by atoms with Crippen LogP contribution in [-0.2, 0) is 22.8 Å². The quantitative estimate of drug-likeness (QED) is 0.869. The van der Waals surface area contributed by atoms with E-state index in [0.717, 1.165) is 11.1 Å². The number of nitrogens with two attached hydrogens (primary N) is 1. The molecule has 0 radical (unpaired) electrons. The monoisotopic (exact) mass is 281 g/mol. The fraction of sp³-hybridized carbons (Fsp3) is 0.333. The van der Waals surface area contributed by atoms with Gasteiger partial charge in [0.2, 0.25) is 11.7 Å². The Morgan fingerprint density at radius 2 is 1.95 bits per heavy atom. The van der Waals surface area contributed by atoms with E-state index in [1.165, 1.54) is 6.26 Å². The molecule has 7 heteroatoms. The van der Waals surface area contributed by atoms with Crippen LogP contribution in [0.5, 0.6) is 0 Å². The Hall–Kier alpha value is -1.73. The highest BCUT2D eigenvalue weighted by molar-refractivity contribution is 7.90. The van der Waals surface area contributed by atoms with Crippen LogP contribution in [0.1, 0.15) is 11.5 Å². The number of rotatable bonds is 5. The minimum atomic E-state index is -2.94. The predicted molar refractivity (Wildman–Crippen MR) is 71.0 cm³/mol. The highest BCUT2D eigenvalue weighted by Crippen LogP contribution is 2.16. The molecule has 0 aliphatic carbocycles. The molecule has 102 valence electrons. The van der Waals surface area contributed by atoms with Gasteiger partial charge in [-0.25, -0.2) is 8.42 Å². The zero-order chi connectivity index (χ0) is 13.9. The summed E-state index contributed by atoms with van der Waals surface area (Å²) in [6, 6.07) is 7.39. The summed E-state index contributed by atoms with van der Waals surface area (Å²) >= 11 is 0. The van der Waals surface area contributed by atoms with Gasteiger partial charge in [-0.3, -0.25) is 0 Å². The van der Waals surface area contributed by atoms with Crippen molar-refractivity contribution in [2.75, 3.05) is 12.0 Å². The fourth-order valence-corrected chi connectivity index (χ4v) is 2.19. The number of aromatic nitrogens is 2. The van der Waals surface area contributed by atoms with Crippen LogP contribution in [0.4, 0.5) is 0 Å². The van der Waals surface area contributed by atoms with Crippen molar-refractivity contribution in [1.82, 2.24) is 10.1 Å². The lowest BCUT2D eigenvalue weighted by Crippen LogP contribution is -2.05. The van der Waals surface area contributed by atoms with Crippen LogP contribution < -0.4 is 5.73 Å². The van der Waals surface area contributed by atoms with Crippen molar-refractivity contribution in [3.05, 3.63) is 35.7 Å². The second kappa shape index (κ2) is 5.50. The van der Waals surface area contributed by atoms with Gasteiger partial charge in [-0.05, 0) is 12.0 Å². The normalized spacial score (nSPS) is 11.7. The molecule has 0 fully saturated rings. The molecule has 19 heavy (non-hydrogen) atoms. The second-order valence-corrected chi connectivity index (χ2v) is 6.55. The summed E-state index contributed by atoms with van der Waals surface area (Å²) in [5.41, 5.74) is 7.16. The molecule has 6 nitrogen and oxygen atoms in total. The number of benzene rings is 1. The van der Waals surface area contributed by atoms with Gasteiger partial charge in [0.05, 0.1) is 12.3 Å². The Morgan fingerprint density at radius 1 is 1.26 bits per heavy atom. The first kappa shape index (κ1) is 13.7. The van der Waals surface area contributed by atoms with E-state index in [1.54, 1.807) is 0 Å². The average molecular weight is 281 g/mol. The molecule has 0 aliphatic rings. The SMILES string of the molecule is CS(=O)(=O)CCc1ccc(-c2noc(CN)n2)cc1. The van der Waals surface area contributed by atoms with Gasteiger partial charge in [-0.2, -0.15) is 4.98 Å². The standard InChI is InChI=1S/C12H15N3O3S/c1-19(16,17)7-6-9-2-4-10(5-3-9)12-14-11(8-13)18-15-12/h2-5H,6-8,13H2,1H3. The van der Waals surface area contributed by atoms with E-state index < -0.39 is 9.84 Å². The van der Waals surface area contributed by atoms with Crippen LogP contribution in [0, 0.1) is 0 Å². The Morgan fingerprint density at radius 3 is 2.47 bits per heavy atom. The van der Waals surface area contributed by atoms with Gasteiger partial charge >= 0.3 is 0 Å². The lowest BCUT2D eigenvalue weighted by atomic mass is 10.1. The van der Waals surface area contributed by atoms with Gasteiger partial charge < -0.3 is 10.3 Å². The van der Waals surface area contributed by atoms with E-state index in [4.69, 9.17) is 10.3 Å². The molecule has 2 N–H and O–H groups in total. The molecule has 0 spiro atoms. The smallest absolute Gasteiger partial charge is 0.240 e. The maximum absolute atomic E-state index is 11.1.